The molecule has 16 nitrogen and oxygen atoms in total. The number of fused-ring (bicyclic) bond motifs is 1. The zero-order chi connectivity index (χ0) is 47.6. The zero-order valence-corrected chi connectivity index (χ0v) is 40.8. The number of benzene rings is 1. The van der Waals surface area contributed by atoms with Crippen molar-refractivity contribution in [2.24, 2.45) is 17.3 Å². The first-order chi connectivity index (χ1) is 30.8. The Morgan fingerprint density at radius 2 is 1.86 bits per heavy atom. The van der Waals surface area contributed by atoms with Crippen LogP contribution in [0.2, 0.25) is 5.02 Å². The van der Waals surface area contributed by atoms with E-state index in [1.54, 1.807) is 36.2 Å². The second-order valence-corrected chi connectivity index (χ2v) is 20.3. The van der Waals surface area contributed by atoms with E-state index in [0.717, 1.165) is 69.8 Å². The Kier molecular flexibility index (Phi) is 18.0. The predicted molar refractivity (Wildman–Crippen MR) is 257 cm³/mol. The number of carboxylic acids is 1. The van der Waals surface area contributed by atoms with Gasteiger partial charge >= 0.3 is 12.1 Å². The van der Waals surface area contributed by atoms with Gasteiger partial charge in [-0.15, -0.1) is 17.9 Å². The number of pyridine rings is 1. The van der Waals surface area contributed by atoms with Crippen LogP contribution >= 0.6 is 22.9 Å². The van der Waals surface area contributed by atoms with E-state index in [0.29, 0.717) is 65.0 Å². The number of piperazine rings is 1. The summed E-state index contributed by atoms with van der Waals surface area (Å²) in [6, 6.07) is 4.31. The van der Waals surface area contributed by atoms with Crippen LogP contribution in [0.15, 0.2) is 41.0 Å². The van der Waals surface area contributed by atoms with E-state index >= 15 is 0 Å². The second-order valence-electron chi connectivity index (χ2n) is 19.0. The molecule has 6 atom stereocenters. The number of likely N-dealkylation sites (tertiary alicyclic amines) is 1. The van der Waals surface area contributed by atoms with Gasteiger partial charge in [0.2, 0.25) is 5.91 Å². The van der Waals surface area contributed by atoms with Gasteiger partial charge < -0.3 is 50.1 Å². The van der Waals surface area contributed by atoms with Crippen molar-refractivity contribution in [2.75, 3.05) is 65.3 Å². The molecule has 0 bridgehead atoms. The standard InChI is InChI=1S/C22H28ClN5O2S.C18H30N2O4.C7H11NO2/c1-14(2)24-22-26-17(13-31-22)16-12-18(29)15-4-5-19(20(23)21(15)25-16)30-11-10-28-8-6-27(3)7-9-28;1-12-7-8-14(10-12)24-17(23)19-15(18(2,3)4)16(22)20-9-5-6-13(20)11-21;1-3-5-4-7(5,8-2)6(9)10/h4-5,12-14H,6-11H2,1-3H3,(H,24,26)(H,25,29);11-15H,5-10H2,1-4H3,(H,19,23);3,5,8H,1,4H2,2H3,(H,9,10)/t;12?,13?,14?,15-;/m.1./s1. The van der Waals surface area contributed by atoms with Crippen LogP contribution in [0.1, 0.15) is 80.1 Å². The van der Waals surface area contributed by atoms with Crippen LogP contribution in [0.4, 0.5) is 9.93 Å². The smallest absolute Gasteiger partial charge is 0.408 e. The summed E-state index contributed by atoms with van der Waals surface area (Å²) in [5.74, 6) is 0.279. The molecule has 358 valence electrons. The summed E-state index contributed by atoms with van der Waals surface area (Å²) in [5.41, 5.74) is 0.678. The Balaban J connectivity index is 0.000000206. The number of aliphatic carboxylic acids is 1. The van der Waals surface area contributed by atoms with Crippen molar-refractivity contribution in [1.29, 1.82) is 0 Å². The lowest BCUT2D eigenvalue weighted by Crippen LogP contribution is -2.56. The predicted octanol–water partition coefficient (Wildman–Crippen LogP) is 6.49. The maximum Gasteiger partial charge on any atom is 0.408 e. The van der Waals surface area contributed by atoms with E-state index < -0.39 is 29.1 Å². The number of amides is 2. The summed E-state index contributed by atoms with van der Waals surface area (Å²) in [4.78, 5) is 73.8. The van der Waals surface area contributed by atoms with Gasteiger partial charge in [0.15, 0.2) is 10.6 Å². The van der Waals surface area contributed by atoms with E-state index in [2.05, 4.69) is 70.1 Å². The van der Waals surface area contributed by atoms with Gasteiger partial charge in [0.25, 0.3) is 0 Å². The van der Waals surface area contributed by atoms with E-state index in [1.165, 1.54) is 11.3 Å². The molecule has 2 aliphatic carbocycles. The molecule has 2 saturated heterocycles. The molecule has 7 rings (SSSR count). The maximum absolute atomic E-state index is 12.9. The number of carbonyl (C=O) groups is 4. The van der Waals surface area contributed by atoms with E-state index in [9.17, 15) is 24.0 Å². The Bertz CT molecular complexity index is 2190. The summed E-state index contributed by atoms with van der Waals surface area (Å²) in [6.07, 6.45) is 6.90. The number of nitrogens with zero attached hydrogens (tertiary/aromatic N) is 4. The molecular weight excluding hydrogens is 872 g/mol. The third kappa shape index (κ3) is 13.5. The van der Waals surface area contributed by atoms with Crippen LogP contribution < -0.4 is 26.1 Å². The molecule has 65 heavy (non-hydrogen) atoms. The lowest BCUT2D eigenvalue weighted by atomic mass is 9.85. The molecule has 18 heteroatoms. The first kappa shape index (κ1) is 51.4. The normalized spacial score (nSPS) is 23.7. The lowest BCUT2D eigenvalue weighted by molar-refractivity contribution is -0.141. The number of ether oxygens (including phenoxy) is 2. The minimum absolute atomic E-state index is 0.0646. The highest BCUT2D eigenvalue weighted by Gasteiger charge is 2.58. The highest BCUT2D eigenvalue weighted by Crippen LogP contribution is 2.44. The molecule has 2 aromatic heterocycles. The highest BCUT2D eigenvalue weighted by atomic mass is 35.5. The number of H-pyrrole nitrogens is 1. The van der Waals surface area contributed by atoms with Crippen molar-refractivity contribution in [3.8, 4) is 17.1 Å². The number of carboxylic acid groups (broad SMARTS) is 1. The van der Waals surface area contributed by atoms with Crippen molar-refractivity contribution >= 4 is 63.2 Å². The second kappa shape index (κ2) is 22.8. The molecule has 2 amide bonds. The summed E-state index contributed by atoms with van der Waals surface area (Å²) in [5, 5.41) is 21.2. The van der Waals surface area contributed by atoms with Crippen LogP contribution in [0.5, 0.6) is 5.75 Å². The third-order valence-corrected chi connectivity index (χ3v) is 13.7. The summed E-state index contributed by atoms with van der Waals surface area (Å²) in [7, 11) is 3.81. The number of thiazole rings is 1. The van der Waals surface area contributed by atoms with Gasteiger partial charge in [-0.2, -0.15) is 0 Å². The lowest BCUT2D eigenvalue weighted by Gasteiger charge is -2.34. The number of aromatic amines is 1. The van der Waals surface area contributed by atoms with Crippen LogP contribution in [0.25, 0.3) is 22.3 Å². The van der Waals surface area contributed by atoms with Gasteiger partial charge in [0.1, 0.15) is 41.3 Å². The minimum Gasteiger partial charge on any atom is -0.491 e. The largest absolute Gasteiger partial charge is 0.491 e. The fraction of sp³-hybridized carbons (Fsp3) is 0.617. The minimum atomic E-state index is -0.778. The number of alkyl carbamates (subject to hydrolysis) is 1. The molecule has 2 aliphatic heterocycles. The summed E-state index contributed by atoms with van der Waals surface area (Å²) in [6.45, 7) is 21.7. The number of hydrogen-bond donors (Lipinski definition) is 5. The van der Waals surface area contributed by atoms with Crippen LogP contribution in [0.3, 0.4) is 0 Å². The van der Waals surface area contributed by atoms with Crippen LogP contribution in [-0.2, 0) is 19.1 Å². The van der Waals surface area contributed by atoms with Gasteiger partial charge in [-0.05, 0) is 89.9 Å². The van der Waals surface area contributed by atoms with E-state index in [1.807, 2.05) is 26.2 Å². The monoisotopic (exact) mass is 940 g/mol. The van der Waals surface area contributed by atoms with E-state index in [4.69, 9.17) is 26.2 Å². The Morgan fingerprint density at radius 1 is 1.14 bits per heavy atom. The molecule has 4 heterocycles. The summed E-state index contributed by atoms with van der Waals surface area (Å²) < 4.78 is 11.5. The molecule has 4 aliphatic rings. The first-order valence-corrected chi connectivity index (χ1v) is 23.9. The van der Waals surface area contributed by atoms with Crippen LogP contribution in [-0.4, -0.2) is 144 Å². The molecule has 0 spiro atoms. The van der Waals surface area contributed by atoms with E-state index in [-0.39, 0.29) is 35.4 Å². The number of rotatable bonds is 14. The van der Waals surface area contributed by atoms with Gasteiger partial charge in [0.05, 0.1) is 22.9 Å². The average molecular weight is 942 g/mol. The maximum atomic E-state index is 12.9. The molecule has 1 aromatic carbocycles. The number of likely N-dealkylation sites (N-methyl/N-ethyl adjacent to an activating group) is 2. The van der Waals surface area contributed by atoms with Gasteiger partial charge in [-0.1, -0.05) is 45.4 Å². The first-order valence-electron chi connectivity index (χ1n) is 22.7. The Labute approximate surface area is 391 Å². The number of aldehydes is 1. The number of hydrogen-bond acceptors (Lipinski definition) is 13. The Hall–Kier alpha value is -4.55. The topological polar surface area (TPSA) is 199 Å². The average Bonchev–Trinajstić information content (AvgIpc) is 3.57. The molecular formula is C47H69ClN8O8S. The van der Waals surface area contributed by atoms with Crippen molar-refractivity contribution < 1.29 is 33.8 Å². The molecule has 2 saturated carbocycles. The number of anilines is 1. The van der Waals surface area contributed by atoms with Gasteiger partial charge in [-0.3, -0.25) is 19.3 Å². The van der Waals surface area contributed by atoms with Gasteiger partial charge in [-0.25, -0.2) is 9.78 Å². The number of halogens is 1. The quantitative estimate of drug-likeness (QED) is 0.0869. The molecule has 4 fully saturated rings. The summed E-state index contributed by atoms with van der Waals surface area (Å²) >= 11 is 8.15. The SMILES string of the molecule is C=CC1CC1(NC)C(=O)O.CC(C)Nc1nc(-c2cc(=O)c3ccc(OCCN4CCN(C)CC4)c(Cl)c3[nH]2)cs1.CC1CCC(OC(=O)N[C@H](C(=O)N2CCCC2C=O)C(C)(C)C)C1. The molecule has 5 N–H and O–H groups in total. The van der Waals surface area contributed by atoms with Crippen molar-refractivity contribution in [1.82, 2.24) is 35.3 Å². The van der Waals surface area contributed by atoms with Crippen LogP contribution in [0, 0.1) is 17.3 Å². The van der Waals surface area contributed by atoms with Crippen molar-refractivity contribution in [3.05, 3.63) is 51.5 Å². The van der Waals surface area contributed by atoms with Gasteiger partial charge in [0, 0.05) is 68.1 Å². The molecule has 5 unspecified atom stereocenters. The highest BCUT2D eigenvalue weighted by molar-refractivity contribution is 7.14. The van der Waals surface area contributed by atoms with Crippen molar-refractivity contribution in [3.63, 3.8) is 0 Å². The number of carbonyl (C=O) groups excluding carboxylic acids is 3. The Morgan fingerprint density at radius 3 is 2.43 bits per heavy atom. The molecule has 3 aromatic rings. The molecule has 0 radical (unpaired) electrons. The fourth-order valence-corrected chi connectivity index (χ4v) is 9.50. The number of aromatic nitrogens is 2. The number of nitrogens with one attached hydrogen (secondary N) is 4. The van der Waals surface area contributed by atoms with Crippen molar-refractivity contribution in [2.45, 2.75) is 110 Å². The third-order valence-electron chi connectivity index (χ3n) is 12.5. The zero-order valence-electron chi connectivity index (χ0n) is 39.2. The fourth-order valence-electron chi connectivity index (χ4n) is 8.38.